The molecule has 160 valence electrons. The predicted molar refractivity (Wildman–Crippen MR) is 128 cm³/mol. The van der Waals surface area contributed by atoms with E-state index in [1.54, 1.807) is 0 Å². The fourth-order valence-corrected chi connectivity index (χ4v) is 4.24. The van der Waals surface area contributed by atoms with E-state index in [-0.39, 0.29) is 0 Å². The standard InChI is InChI=1S/C26H21N7/c1-31(2)17-20-25-29-27-23(18-11-5-3-6-12-18)32(25)21-15-9-10-16-22(21)33-24(28-30-26(20)33)19-13-7-4-8-14-19/h3-17H,1-2H3. The quantitative estimate of drug-likeness (QED) is 0.414. The van der Waals surface area contributed by atoms with Crippen LogP contribution in [0.4, 0.5) is 0 Å². The van der Waals surface area contributed by atoms with Crippen molar-refractivity contribution in [2.45, 2.75) is 0 Å². The molecular formula is C26H21N7. The van der Waals surface area contributed by atoms with Crippen LogP contribution in [0.1, 0.15) is 11.6 Å². The number of hydrogen-bond acceptors (Lipinski definition) is 5. The molecule has 0 N–H and O–H groups in total. The smallest absolute Gasteiger partial charge is 0.174 e. The van der Waals surface area contributed by atoms with Crippen LogP contribution >= 0.6 is 0 Å². The van der Waals surface area contributed by atoms with Crippen molar-refractivity contribution >= 4 is 5.57 Å². The van der Waals surface area contributed by atoms with Crippen LogP contribution in [0.3, 0.4) is 0 Å². The zero-order valence-electron chi connectivity index (χ0n) is 18.3. The molecule has 1 aliphatic heterocycles. The minimum atomic E-state index is 0.723. The second-order valence-electron chi connectivity index (χ2n) is 8.09. The first-order chi connectivity index (χ1) is 16.2. The van der Waals surface area contributed by atoms with Gasteiger partial charge < -0.3 is 4.90 Å². The highest BCUT2D eigenvalue weighted by molar-refractivity contribution is 5.81. The van der Waals surface area contributed by atoms with E-state index >= 15 is 0 Å². The number of rotatable bonds is 3. The summed E-state index contributed by atoms with van der Waals surface area (Å²) in [6.07, 6.45) is 2.02. The zero-order valence-corrected chi connectivity index (χ0v) is 18.3. The Balaban J connectivity index is 1.72. The lowest BCUT2D eigenvalue weighted by Gasteiger charge is -2.14. The van der Waals surface area contributed by atoms with Gasteiger partial charge in [0.25, 0.3) is 0 Å². The molecule has 7 nitrogen and oxygen atoms in total. The van der Waals surface area contributed by atoms with Gasteiger partial charge in [0, 0.05) is 31.4 Å². The highest BCUT2D eigenvalue weighted by Gasteiger charge is 2.31. The Bertz CT molecular complexity index is 1370. The summed E-state index contributed by atoms with van der Waals surface area (Å²) < 4.78 is 4.23. The number of benzene rings is 3. The van der Waals surface area contributed by atoms with Crippen molar-refractivity contribution in [1.29, 1.82) is 0 Å². The van der Waals surface area contributed by atoms with Crippen LogP contribution < -0.4 is 0 Å². The van der Waals surface area contributed by atoms with E-state index in [2.05, 4.69) is 65.9 Å². The summed E-state index contributed by atoms with van der Waals surface area (Å²) in [5.74, 6) is 3.01. The van der Waals surface area contributed by atoms with Crippen molar-refractivity contribution in [3.63, 3.8) is 0 Å². The minimum Gasteiger partial charge on any atom is -0.383 e. The van der Waals surface area contributed by atoms with Crippen molar-refractivity contribution in [2.24, 2.45) is 0 Å². The Labute approximate surface area is 191 Å². The first kappa shape index (κ1) is 19.2. The number of para-hydroxylation sites is 2. The van der Waals surface area contributed by atoms with Gasteiger partial charge in [-0.2, -0.15) is 0 Å². The summed E-state index contributed by atoms with van der Waals surface area (Å²) in [7, 11) is 3.98. The van der Waals surface area contributed by atoms with Crippen molar-refractivity contribution in [3.8, 4) is 34.2 Å². The highest BCUT2D eigenvalue weighted by atomic mass is 15.3. The summed E-state index contributed by atoms with van der Waals surface area (Å²) in [4.78, 5) is 1.99. The third kappa shape index (κ3) is 3.05. The van der Waals surface area contributed by atoms with E-state index in [1.807, 2.05) is 73.7 Å². The SMILES string of the molecule is CN(C)C=C1c2nnc(-c3ccccc3)n2-c2ccccc2-n2c1nnc2-c1ccccc1. The zero-order chi connectivity index (χ0) is 22.4. The molecule has 6 rings (SSSR count). The molecule has 0 saturated heterocycles. The van der Waals surface area contributed by atoms with Crippen molar-refractivity contribution in [2.75, 3.05) is 14.1 Å². The molecule has 5 aromatic rings. The molecule has 0 saturated carbocycles. The molecule has 2 aromatic heterocycles. The van der Waals surface area contributed by atoms with Gasteiger partial charge >= 0.3 is 0 Å². The fraction of sp³-hybridized carbons (Fsp3) is 0.0769. The maximum absolute atomic E-state index is 4.64. The second kappa shape index (κ2) is 7.56. The lowest BCUT2D eigenvalue weighted by molar-refractivity contribution is 0.564. The normalized spacial score (nSPS) is 11.9. The summed E-state index contributed by atoms with van der Waals surface area (Å²) >= 11 is 0. The van der Waals surface area contributed by atoms with Crippen LogP contribution in [0, 0.1) is 0 Å². The maximum Gasteiger partial charge on any atom is 0.174 e. The third-order valence-electron chi connectivity index (χ3n) is 5.62. The first-order valence-electron chi connectivity index (χ1n) is 10.7. The van der Waals surface area contributed by atoms with E-state index in [4.69, 9.17) is 0 Å². The Morgan fingerprint density at radius 2 is 0.939 bits per heavy atom. The molecule has 0 unspecified atom stereocenters. The van der Waals surface area contributed by atoms with Crippen LogP contribution in [-0.4, -0.2) is 48.5 Å². The molecule has 1 aliphatic rings. The van der Waals surface area contributed by atoms with Gasteiger partial charge in [-0.05, 0) is 12.1 Å². The average molecular weight is 432 g/mol. The Morgan fingerprint density at radius 1 is 0.545 bits per heavy atom. The lowest BCUT2D eigenvalue weighted by Crippen LogP contribution is -2.08. The first-order valence-corrected chi connectivity index (χ1v) is 10.7. The number of hydrogen-bond donors (Lipinski definition) is 0. The number of aromatic nitrogens is 6. The predicted octanol–water partition coefficient (Wildman–Crippen LogP) is 4.45. The minimum absolute atomic E-state index is 0.723. The molecule has 0 amide bonds. The maximum atomic E-state index is 4.64. The van der Waals surface area contributed by atoms with Crippen LogP contribution in [0.2, 0.25) is 0 Å². The van der Waals surface area contributed by atoms with Gasteiger partial charge in [-0.15, -0.1) is 20.4 Å². The molecule has 0 fully saturated rings. The van der Waals surface area contributed by atoms with Crippen LogP contribution in [0.15, 0.2) is 91.1 Å². The van der Waals surface area contributed by atoms with Crippen LogP contribution in [0.25, 0.3) is 39.7 Å². The summed E-state index contributed by atoms with van der Waals surface area (Å²) in [6, 6.07) is 28.5. The topological polar surface area (TPSA) is 64.7 Å². The third-order valence-corrected chi connectivity index (χ3v) is 5.62. The molecule has 0 aliphatic carbocycles. The molecule has 7 heteroatoms. The highest BCUT2D eigenvalue weighted by Crippen LogP contribution is 2.38. The van der Waals surface area contributed by atoms with Crippen molar-refractivity contribution in [1.82, 2.24) is 34.4 Å². The summed E-state index contributed by atoms with van der Waals surface area (Å²) in [6.45, 7) is 0. The Morgan fingerprint density at radius 3 is 1.36 bits per heavy atom. The van der Waals surface area contributed by atoms with E-state index < -0.39 is 0 Å². The Hall–Kier alpha value is -4.52. The molecular weight excluding hydrogens is 410 g/mol. The van der Waals surface area contributed by atoms with Crippen molar-refractivity contribution < 1.29 is 0 Å². The van der Waals surface area contributed by atoms with E-state index in [1.165, 1.54) is 0 Å². The van der Waals surface area contributed by atoms with Crippen molar-refractivity contribution in [3.05, 3.63) is 103 Å². The van der Waals surface area contributed by atoms with Crippen LogP contribution in [0.5, 0.6) is 0 Å². The van der Waals surface area contributed by atoms with E-state index in [0.717, 1.165) is 51.4 Å². The van der Waals surface area contributed by atoms with Gasteiger partial charge in [0.2, 0.25) is 0 Å². The molecule has 0 bridgehead atoms. The second-order valence-corrected chi connectivity index (χ2v) is 8.09. The van der Waals surface area contributed by atoms with Gasteiger partial charge in [0.05, 0.1) is 16.9 Å². The van der Waals surface area contributed by atoms with Gasteiger partial charge in [0.15, 0.2) is 23.3 Å². The van der Waals surface area contributed by atoms with Gasteiger partial charge in [0.1, 0.15) is 0 Å². The summed E-state index contributed by atoms with van der Waals surface area (Å²) in [5, 5.41) is 18.5. The lowest BCUT2D eigenvalue weighted by atomic mass is 10.2. The average Bonchev–Trinajstić information content (AvgIpc) is 3.46. The van der Waals surface area contributed by atoms with Gasteiger partial charge in [-0.25, -0.2) is 0 Å². The molecule has 0 spiro atoms. The number of fused-ring (bicyclic) bond motifs is 5. The molecule has 0 atom stereocenters. The number of nitrogens with zero attached hydrogens (tertiary/aromatic N) is 7. The van der Waals surface area contributed by atoms with Gasteiger partial charge in [-0.3, -0.25) is 9.13 Å². The molecule has 3 aromatic carbocycles. The monoisotopic (exact) mass is 431 g/mol. The van der Waals surface area contributed by atoms with Crippen LogP contribution in [-0.2, 0) is 0 Å². The van der Waals surface area contributed by atoms with E-state index in [9.17, 15) is 0 Å². The van der Waals surface area contributed by atoms with E-state index in [0.29, 0.717) is 0 Å². The fourth-order valence-electron chi connectivity index (χ4n) is 4.24. The summed E-state index contributed by atoms with van der Waals surface area (Å²) in [5.41, 5.74) is 4.78. The Kier molecular flexibility index (Phi) is 4.40. The largest absolute Gasteiger partial charge is 0.383 e. The van der Waals surface area contributed by atoms with Gasteiger partial charge in [-0.1, -0.05) is 72.8 Å². The molecule has 0 radical (unpaired) electrons. The molecule has 3 heterocycles. The molecule has 33 heavy (non-hydrogen) atoms.